The number of carbonyl (C=O) groups is 1. The van der Waals surface area contributed by atoms with Crippen LogP contribution in [0.5, 0.6) is 5.75 Å². The van der Waals surface area contributed by atoms with Gasteiger partial charge in [-0.3, -0.25) is 4.79 Å². The van der Waals surface area contributed by atoms with Crippen LogP contribution in [0, 0.1) is 5.92 Å². The highest BCUT2D eigenvalue weighted by molar-refractivity contribution is 5.94. The number of benzene rings is 1. The first kappa shape index (κ1) is 16.5. The summed E-state index contributed by atoms with van der Waals surface area (Å²) in [6.45, 7) is 7.02. The van der Waals surface area contributed by atoms with Crippen LogP contribution in [-0.2, 0) is 4.79 Å². The third-order valence-corrected chi connectivity index (χ3v) is 3.00. The first-order valence-corrected chi connectivity index (χ1v) is 7.32. The molecule has 0 aromatic heterocycles. The van der Waals surface area contributed by atoms with Crippen molar-refractivity contribution in [2.24, 2.45) is 11.7 Å². The Morgan fingerprint density at radius 1 is 1.35 bits per heavy atom. The SMILES string of the molecule is CCCC(N)C(=O)Nc1cccc(OCCC(C)C)c1. The van der Waals surface area contributed by atoms with Crippen molar-refractivity contribution in [1.29, 1.82) is 0 Å². The molecule has 0 heterocycles. The molecule has 0 aliphatic carbocycles. The van der Waals surface area contributed by atoms with Gasteiger partial charge in [-0.25, -0.2) is 0 Å². The third-order valence-electron chi connectivity index (χ3n) is 3.00. The van der Waals surface area contributed by atoms with Gasteiger partial charge in [-0.05, 0) is 30.9 Å². The van der Waals surface area contributed by atoms with E-state index in [-0.39, 0.29) is 5.91 Å². The fourth-order valence-corrected chi connectivity index (χ4v) is 1.75. The summed E-state index contributed by atoms with van der Waals surface area (Å²) >= 11 is 0. The minimum absolute atomic E-state index is 0.147. The maximum Gasteiger partial charge on any atom is 0.241 e. The van der Waals surface area contributed by atoms with E-state index in [1.165, 1.54) is 0 Å². The lowest BCUT2D eigenvalue weighted by molar-refractivity contribution is -0.117. The molecule has 1 aromatic carbocycles. The summed E-state index contributed by atoms with van der Waals surface area (Å²) in [5.74, 6) is 1.24. The Balaban J connectivity index is 2.52. The number of carbonyl (C=O) groups excluding carboxylic acids is 1. The second-order valence-corrected chi connectivity index (χ2v) is 5.44. The minimum atomic E-state index is -0.453. The molecule has 1 rings (SSSR count). The Morgan fingerprint density at radius 2 is 2.10 bits per heavy atom. The predicted octanol–water partition coefficient (Wildman–Crippen LogP) is 3.18. The molecular formula is C16H26N2O2. The zero-order valence-electron chi connectivity index (χ0n) is 12.7. The first-order valence-electron chi connectivity index (χ1n) is 7.32. The fraction of sp³-hybridized carbons (Fsp3) is 0.562. The van der Waals surface area contributed by atoms with Gasteiger partial charge < -0.3 is 15.8 Å². The lowest BCUT2D eigenvalue weighted by atomic mass is 10.1. The molecule has 0 saturated heterocycles. The van der Waals surface area contributed by atoms with Crippen LogP contribution in [0.1, 0.15) is 40.0 Å². The molecule has 4 nitrogen and oxygen atoms in total. The predicted molar refractivity (Wildman–Crippen MR) is 82.9 cm³/mol. The van der Waals surface area contributed by atoms with E-state index in [1.807, 2.05) is 31.2 Å². The van der Waals surface area contributed by atoms with Crippen LogP contribution in [-0.4, -0.2) is 18.6 Å². The molecule has 0 fully saturated rings. The molecule has 1 atom stereocenters. The van der Waals surface area contributed by atoms with Gasteiger partial charge in [-0.1, -0.05) is 33.3 Å². The molecule has 1 unspecified atom stereocenters. The van der Waals surface area contributed by atoms with E-state index in [2.05, 4.69) is 19.2 Å². The van der Waals surface area contributed by atoms with Gasteiger partial charge in [0.1, 0.15) is 5.75 Å². The van der Waals surface area contributed by atoms with Gasteiger partial charge in [-0.2, -0.15) is 0 Å². The summed E-state index contributed by atoms with van der Waals surface area (Å²) in [4.78, 5) is 11.8. The summed E-state index contributed by atoms with van der Waals surface area (Å²) in [5.41, 5.74) is 6.51. The van der Waals surface area contributed by atoms with E-state index in [9.17, 15) is 4.79 Å². The number of nitrogens with two attached hydrogens (primary N) is 1. The summed E-state index contributed by atoms with van der Waals surface area (Å²) < 4.78 is 5.66. The van der Waals surface area contributed by atoms with Crippen LogP contribution >= 0.6 is 0 Å². The summed E-state index contributed by atoms with van der Waals surface area (Å²) in [6.07, 6.45) is 2.60. The van der Waals surface area contributed by atoms with Crippen molar-refractivity contribution in [3.63, 3.8) is 0 Å². The molecule has 3 N–H and O–H groups in total. The number of hydrogen-bond acceptors (Lipinski definition) is 3. The van der Waals surface area contributed by atoms with Crippen LogP contribution in [0.2, 0.25) is 0 Å². The van der Waals surface area contributed by atoms with Gasteiger partial charge in [0.25, 0.3) is 0 Å². The molecule has 0 spiro atoms. The van der Waals surface area contributed by atoms with Gasteiger partial charge in [0, 0.05) is 11.8 Å². The van der Waals surface area contributed by atoms with Gasteiger partial charge in [0.15, 0.2) is 0 Å². The molecule has 0 aliphatic rings. The van der Waals surface area contributed by atoms with Crippen LogP contribution in [0.4, 0.5) is 5.69 Å². The highest BCUT2D eigenvalue weighted by Crippen LogP contribution is 2.18. The standard InChI is InChI=1S/C16H26N2O2/c1-4-6-15(17)16(19)18-13-7-5-8-14(11-13)20-10-9-12(2)3/h5,7-8,11-12,15H,4,6,9-10,17H2,1-3H3,(H,18,19). The average molecular weight is 278 g/mol. The van der Waals surface area contributed by atoms with Crippen molar-refractivity contribution in [2.45, 2.75) is 46.1 Å². The van der Waals surface area contributed by atoms with E-state index < -0.39 is 6.04 Å². The molecule has 4 heteroatoms. The molecule has 20 heavy (non-hydrogen) atoms. The quantitative estimate of drug-likeness (QED) is 0.767. The minimum Gasteiger partial charge on any atom is -0.494 e. The van der Waals surface area contributed by atoms with E-state index in [4.69, 9.17) is 10.5 Å². The van der Waals surface area contributed by atoms with Crippen LogP contribution in [0.3, 0.4) is 0 Å². The average Bonchev–Trinajstić information content (AvgIpc) is 2.39. The Bertz CT molecular complexity index is 419. The normalized spacial score (nSPS) is 12.2. The Kier molecular flexibility index (Phi) is 7.09. The topological polar surface area (TPSA) is 64.4 Å². The van der Waals surface area contributed by atoms with Crippen LogP contribution < -0.4 is 15.8 Å². The van der Waals surface area contributed by atoms with Crippen molar-refractivity contribution >= 4 is 11.6 Å². The van der Waals surface area contributed by atoms with E-state index in [0.29, 0.717) is 18.9 Å². The van der Waals surface area contributed by atoms with Crippen molar-refractivity contribution in [2.75, 3.05) is 11.9 Å². The smallest absolute Gasteiger partial charge is 0.241 e. The van der Waals surface area contributed by atoms with E-state index >= 15 is 0 Å². The fourth-order valence-electron chi connectivity index (χ4n) is 1.75. The van der Waals surface area contributed by atoms with E-state index in [1.54, 1.807) is 0 Å². The van der Waals surface area contributed by atoms with Crippen LogP contribution in [0.25, 0.3) is 0 Å². The molecule has 112 valence electrons. The largest absolute Gasteiger partial charge is 0.494 e. The van der Waals surface area contributed by atoms with E-state index in [0.717, 1.165) is 24.3 Å². The molecule has 0 bridgehead atoms. The zero-order valence-corrected chi connectivity index (χ0v) is 12.7. The maximum absolute atomic E-state index is 11.8. The molecule has 0 radical (unpaired) electrons. The summed E-state index contributed by atoms with van der Waals surface area (Å²) in [7, 11) is 0. The summed E-state index contributed by atoms with van der Waals surface area (Å²) in [6, 6.07) is 6.97. The lowest BCUT2D eigenvalue weighted by Crippen LogP contribution is -2.35. The van der Waals surface area contributed by atoms with Crippen molar-refractivity contribution in [1.82, 2.24) is 0 Å². The monoisotopic (exact) mass is 278 g/mol. The number of anilines is 1. The number of ether oxygens (including phenoxy) is 1. The Labute approximate surface area is 121 Å². The highest BCUT2D eigenvalue weighted by atomic mass is 16.5. The maximum atomic E-state index is 11.8. The highest BCUT2D eigenvalue weighted by Gasteiger charge is 2.12. The Morgan fingerprint density at radius 3 is 2.75 bits per heavy atom. The van der Waals surface area contributed by atoms with Gasteiger partial charge in [0.2, 0.25) is 5.91 Å². The Hall–Kier alpha value is -1.55. The molecular weight excluding hydrogens is 252 g/mol. The summed E-state index contributed by atoms with van der Waals surface area (Å²) in [5, 5.41) is 2.82. The molecule has 1 aromatic rings. The van der Waals surface area contributed by atoms with Gasteiger partial charge in [-0.15, -0.1) is 0 Å². The second kappa shape index (κ2) is 8.59. The molecule has 0 saturated carbocycles. The number of rotatable bonds is 8. The second-order valence-electron chi connectivity index (χ2n) is 5.44. The number of amides is 1. The van der Waals surface area contributed by atoms with Crippen molar-refractivity contribution in [3.05, 3.63) is 24.3 Å². The zero-order chi connectivity index (χ0) is 15.0. The van der Waals surface area contributed by atoms with Crippen molar-refractivity contribution in [3.8, 4) is 5.75 Å². The first-order chi connectivity index (χ1) is 9.52. The van der Waals surface area contributed by atoms with Crippen LogP contribution in [0.15, 0.2) is 24.3 Å². The molecule has 1 amide bonds. The van der Waals surface area contributed by atoms with Crippen molar-refractivity contribution < 1.29 is 9.53 Å². The third kappa shape index (κ3) is 6.06. The van der Waals surface area contributed by atoms with Gasteiger partial charge >= 0.3 is 0 Å². The lowest BCUT2D eigenvalue weighted by Gasteiger charge is -2.13. The number of hydrogen-bond donors (Lipinski definition) is 2. The van der Waals surface area contributed by atoms with Gasteiger partial charge in [0.05, 0.1) is 12.6 Å². The number of nitrogens with one attached hydrogen (secondary N) is 1. The molecule has 0 aliphatic heterocycles.